The molecule has 8 nitrogen and oxygen atoms in total. The number of nitrogens with one attached hydrogen (secondary N) is 1. The van der Waals surface area contributed by atoms with Crippen LogP contribution in [0.2, 0.25) is 0 Å². The highest BCUT2D eigenvalue weighted by Gasteiger charge is 2.28. The summed E-state index contributed by atoms with van der Waals surface area (Å²) in [6.45, 7) is 3.68. The van der Waals surface area contributed by atoms with E-state index in [-0.39, 0.29) is 17.8 Å². The lowest BCUT2D eigenvalue weighted by Gasteiger charge is -2.36. The van der Waals surface area contributed by atoms with Crippen molar-refractivity contribution in [3.8, 4) is 0 Å². The predicted octanol–water partition coefficient (Wildman–Crippen LogP) is 4.34. The van der Waals surface area contributed by atoms with Gasteiger partial charge in [0, 0.05) is 25.0 Å². The molecule has 10 heteroatoms. The Morgan fingerprint density at radius 1 is 1.29 bits per heavy atom. The van der Waals surface area contributed by atoms with Crippen LogP contribution in [0.15, 0.2) is 34.9 Å². The van der Waals surface area contributed by atoms with Crippen molar-refractivity contribution >= 4 is 40.2 Å². The number of nitrogens with zero attached hydrogens (tertiary/aromatic N) is 3. The van der Waals surface area contributed by atoms with E-state index < -0.39 is 5.97 Å². The smallest absolute Gasteiger partial charge is 0.323 e. The highest BCUT2D eigenvalue weighted by atomic mass is 32.2. The molecule has 0 unspecified atom stereocenters. The van der Waals surface area contributed by atoms with Gasteiger partial charge in [-0.25, -0.2) is 9.78 Å². The van der Waals surface area contributed by atoms with Gasteiger partial charge in [0.2, 0.25) is 0 Å². The molecule has 2 heterocycles. The van der Waals surface area contributed by atoms with Gasteiger partial charge in [0.05, 0.1) is 29.4 Å². The van der Waals surface area contributed by atoms with Crippen LogP contribution in [0.4, 0.5) is 9.93 Å². The molecule has 168 valence electrons. The number of rotatable bonds is 10. The van der Waals surface area contributed by atoms with Gasteiger partial charge >= 0.3 is 12.0 Å². The fourth-order valence-corrected chi connectivity index (χ4v) is 5.10. The van der Waals surface area contributed by atoms with E-state index >= 15 is 0 Å². The third kappa shape index (κ3) is 7.79. The van der Waals surface area contributed by atoms with Gasteiger partial charge < -0.3 is 14.7 Å². The minimum absolute atomic E-state index is 0.0310. The Morgan fingerprint density at radius 2 is 2.03 bits per heavy atom. The molecule has 0 spiro atoms. The van der Waals surface area contributed by atoms with E-state index in [1.54, 1.807) is 18.6 Å². The molecule has 1 aliphatic rings. The molecule has 0 atom stereocenters. The fraction of sp³-hybridized carbons (Fsp3) is 0.524. The van der Waals surface area contributed by atoms with Crippen molar-refractivity contribution in [1.29, 1.82) is 0 Å². The average Bonchev–Trinajstić information content (AvgIpc) is 3.21. The summed E-state index contributed by atoms with van der Waals surface area (Å²) in [7, 11) is 0. The Bertz CT molecular complexity index is 841. The summed E-state index contributed by atoms with van der Waals surface area (Å²) in [5, 5.41) is 12.2. The molecule has 0 aromatic carbocycles. The quantitative estimate of drug-likeness (QED) is 0.398. The molecule has 1 saturated carbocycles. The lowest BCUT2D eigenvalue weighted by molar-refractivity contribution is -0.133. The van der Waals surface area contributed by atoms with Gasteiger partial charge in [-0.05, 0) is 49.3 Å². The normalized spacial score (nSPS) is 18.5. The zero-order valence-electron chi connectivity index (χ0n) is 17.5. The van der Waals surface area contributed by atoms with Crippen LogP contribution in [0, 0.1) is 5.92 Å². The number of aliphatic carboxylic acids is 1. The van der Waals surface area contributed by atoms with Crippen LogP contribution in [0.5, 0.6) is 0 Å². The Labute approximate surface area is 190 Å². The fourth-order valence-electron chi connectivity index (χ4n) is 3.52. The number of urea groups is 1. The average molecular weight is 465 g/mol. The molecule has 0 bridgehead atoms. The lowest BCUT2D eigenvalue weighted by atomic mass is 9.86. The number of aromatic nitrogens is 2. The van der Waals surface area contributed by atoms with E-state index in [0.29, 0.717) is 30.8 Å². The largest absolute Gasteiger partial charge is 0.481 e. The van der Waals surface area contributed by atoms with Crippen molar-refractivity contribution in [3.63, 3.8) is 0 Å². The molecule has 2 amide bonds. The van der Waals surface area contributed by atoms with E-state index in [2.05, 4.69) is 22.2 Å². The first kappa shape index (κ1) is 23.5. The number of carbonyl (C=O) groups excluding carboxylic acids is 1. The summed E-state index contributed by atoms with van der Waals surface area (Å²) in [5.41, 5.74) is 1.05. The van der Waals surface area contributed by atoms with Crippen LogP contribution in [-0.2, 0) is 16.1 Å². The number of ether oxygens (including phenoxy) is 1. The Balaban J connectivity index is 1.56. The number of carbonyl (C=O) groups is 2. The standard InChI is InChI=1S/C21H28N4O4S2/c1-15-2-4-17(5-3-15)25(10-11-29-13-16-6-8-22-9-7-16)21(28)24-20-23-12-19(31-20)30-14-18(26)27/h6-9,12,15,17H,2-5,10-11,13-14H2,1H3,(H,26,27)(H,23,24,28)/t15-,17-. The molecule has 2 aromatic rings. The third-order valence-electron chi connectivity index (χ3n) is 5.22. The Morgan fingerprint density at radius 3 is 2.74 bits per heavy atom. The molecular weight excluding hydrogens is 436 g/mol. The van der Waals surface area contributed by atoms with Gasteiger partial charge in [-0.2, -0.15) is 0 Å². The van der Waals surface area contributed by atoms with E-state index in [9.17, 15) is 9.59 Å². The van der Waals surface area contributed by atoms with Crippen LogP contribution >= 0.6 is 23.1 Å². The second kappa shape index (κ2) is 12.0. The van der Waals surface area contributed by atoms with Gasteiger partial charge in [0.1, 0.15) is 0 Å². The van der Waals surface area contributed by atoms with Crippen molar-refractivity contribution in [3.05, 3.63) is 36.3 Å². The first-order chi connectivity index (χ1) is 15.0. The van der Waals surface area contributed by atoms with E-state index in [1.807, 2.05) is 17.0 Å². The van der Waals surface area contributed by atoms with E-state index in [1.165, 1.54) is 23.1 Å². The van der Waals surface area contributed by atoms with Crippen molar-refractivity contribution in [2.24, 2.45) is 5.92 Å². The molecule has 0 aliphatic heterocycles. The minimum atomic E-state index is -0.881. The van der Waals surface area contributed by atoms with Crippen molar-refractivity contribution < 1.29 is 19.4 Å². The number of hydrogen-bond acceptors (Lipinski definition) is 7. The first-order valence-corrected chi connectivity index (χ1v) is 12.2. The van der Waals surface area contributed by atoms with Crippen LogP contribution in [0.3, 0.4) is 0 Å². The van der Waals surface area contributed by atoms with Crippen LogP contribution in [0.1, 0.15) is 38.2 Å². The molecule has 1 fully saturated rings. The number of pyridine rings is 1. The van der Waals surface area contributed by atoms with Gasteiger partial charge in [-0.3, -0.25) is 15.1 Å². The minimum Gasteiger partial charge on any atom is -0.481 e. The molecule has 2 N–H and O–H groups in total. The second-order valence-electron chi connectivity index (χ2n) is 7.61. The highest BCUT2D eigenvalue weighted by molar-refractivity contribution is 8.01. The van der Waals surface area contributed by atoms with Gasteiger partial charge in [0.25, 0.3) is 0 Å². The summed E-state index contributed by atoms with van der Waals surface area (Å²) < 4.78 is 6.56. The maximum atomic E-state index is 13.0. The second-order valence-corrected chi connectivity index (χ2v) is 9.92. The van der Waals surface area contributed by atoms with Crippen molar-refractivity contribution in [2.75, 3.05) is 24.2 Å². The number of anilines is 1. The zero-order valence-corrected chi connectivity index (χ0v) is 19.2. The number of thiazole rings is 1. The Kier molecular flexibility index (Phi) is 9.11. The Hall–Kier alpha value is -2.17. The number of hydrogen-bond donors (Lipinski definition) is 2. The molecule has 31 heavy (non-hydrogen) atoms. The zero-order chi connectivity index (χ0) is 22.1. The van der Waals surface area contributed by atoms with Crippen LogP contribution in [-0.4, -0.2) is 56.9 Å². The van der Waals surface area contributed by atoms with Gasteiger partial charge in [-0.1, -0.05) is 18.3 Å². The third-order valence-corrected chi connectivity index (χ3v) is 7.31. The molecule has 3 rings (SSSR count). The summed E-state index contributed by atoms with van der Waals surface area (Å²) in [5.74, 6) is -0.220. The summed E-state index contributed by atoms with van der Waals surface area (Å²) in [4.78, 5) is 33.9. The highest BCUT2D eigenvalue weighted by Crippen LogP contribution is 2.30. The topological polar surface area (TPSA) is 105 Å². The molecule has 1 aliphatic carbocycles. The maximum absolute atomic E-state index is 13.0. The molecule has 2 aromatic heterocycles. The molecule has 0 radical (unpaired) electrons. The van der Waals surface area contributed by atoms with E-state index in [0.717, 1.165) is 35.5 Å². The van der Waals surface area contributed by atoms with Crippen LogP contribution < -0.4 is 5.32 Å². The molecular formula is C21H28N4O4S2. The van der Waals surface area contributed by atoms with Crippen LogP contribution in [0.25, 0.3) is 0 Å². The number of thioether (sulfide) groups is 1. The van der Waals surface area contributed by atoms with Crippen molar-refractivity contribution in [2.45, 2.75) is 49.5 Å². The summed E-state index contributed by atoms with van der Waals surface area (Å²) in [6, 6.07) is 3.82. The predicted molar refractivity (Wildman–Crippen MR) is 122 cm³/mol. The summed E-state index contributed by atoms with van der Waals surface area (Å²) >= 11 is 2.48. The van der Waals surface area contributed by atoms with Gasteiger partial charge in [-0.15, -0.1) is 11.8 Å². The lowest BCUT2D eigenvalue weighted by Crippen LogP contribution is -2.46. The number of carboxylic acid groups (broad SMARTS) is 1. The summed E-state index contributed by atoms with van der Waals surface area (Å²) in [6.07, 6.45) is 9.25. The maximum Gasteiger partial charge on any atom is 0.323 e. The number of amides is 2. The molecule has 0 saturated heterocycles. The van der Waals surface area contributed by atoms with Crippen molar-refractivity contribution in [1.82, 2.24) is 14.9 Å². The number of carboxylic acids is 1. The van der Waals surface area contributed by atoms with E-state index in [4.69, 9.17) is 9.84 Å². The van der Waals surface area contributed by atoms with Gasteiger partial charge in [0.15, 0.2) is 5.13 Å². The first-order valence-electron chi connectivity index (χ1n) is 10.4. The SMILES string of the molecule is C[C@H]1CC[C@H](N(CCOCc2ccncc2)C(=O)Nc2ncc(SCC(=O)O)s2)CC1. The monoisotopic (exact) mass is 464 g/mol.